The maximum atomic E-state index is 13.0. The van der Waals surface area contributed by atoms with Crippen LogP contribution in [-0.4, -0.2) is 45.2 Å². The Hall–Kier alpha value is -3.10. The molecule has 0 atom stereocenters. The zero-order chi connectivity index (χ0) is 22.6. The fourth-order valence-electron chi connectivity index (χ4n) is 4.27. The summed E-state index contributed by atoms with van der Waals surface area (Å²) in [4.78, 5) is 16.1. The number of thiophene rings is 1. The van der Waals surface area contributed by atoms with Crippen LogP contribution in [0.1, 0.15) is 22.1 Å². The maximum absolute atomic E-state index is 13.0. The molecule has 1 aliphatic rings. The van der Waals surface area contributed by atoms with Crippen molar-refractivity contribution in [3.63, 3.8) is 0 Å². The molecule has 0 unspecified atom stereocenters. The van der Waals surface area contributed by atoms with Gasteiger partial charge in [-0.25, -0.2) is 4.39 Å². The van der Waals surface area contributed by atoms with Crippen molar-refractivity contribution in [2.24, 2.45) is 0 Å². The highest BCUT2D eigenvalue weighted by Gasteiger charge is 2.19. The number of hydrogen-bond acceptors (Lipinski definition) is 5. The van der Waals surface area contributed by atoms with Crippen LogP contribution in [0.5, 0.6) is 0 Å². The van der Waals surface area contributed by atoms with Crippen LogP contribution in [0, 0.1) is 5.82 Å². The van der Waals surface area contributed by atoms with Crippen LogP contribution in [0.2, 0.25) is 0 Å². The van der Waals surface area contributed by atoms with E-state index in [9.17, 15) is 9.18 Å². The van der Waals surface area contributed by atoms with E-state index in [1.807, 2.05) is 11.3 Å². The summed E-state index contributed by atoms with van der Waals surface area (Å²) in [6, 6.07) is 16.8. The molecule has 8 heteroatoms. The molecule has 0 saturated heterocycles. The van der Waals surface area contributed by atoms with E-state index in [2.05, 4.69) is 55.3 Å². The molecule has 5 rings (SSSR count). The van der Waals surface area contributed by atoms with Crippen molar-refractivity contribution in [2.75, 3.05) is 19.6 Å². The van der Waals surface area contributed by atoms with E-state index in [0.29, 0.717) is 13.0 Å². The standard InChI is InChI=1S/C25H26FN5OS/c26-20-7-5-18(6-8-20)15-25(32)27-11-9-23-28-29-24-10-12-30(13-14-31(23)24)17-21-16-19-3-1-2-4-22(19)33-21/h1-8,16H,9-15,17H2,(H,27,32). The molecule has 33 heavy (non-hydrogen) atoms. The largest absolute Gasteiger partial charge is 0.355 e. The van der Waals surface area contributed by atoms with Gasteiger partial charge in [0.15, 0.2) is 0 Å². The molecule has 2 aromatic carbocycles. The van der Waals surface area contributed by atoms with Gasteiger partial charge in [0.05, 0.1) is 6.42 Å². The first kappa shape index (κ1) is 21.7. The van der Waals surface area contributed by atoms with E-state index in [-0.39, 0.29) is 18.1 Å². The molecular weight excluding hydrogens is 437 g/mol. The first-order valence-electron chi connectivity index (χ1n) is 11.3. The van der Waals surface area contributed by atoms with E-state index >= 15 is 0 Å². The van der Waals surface area contributed by atoms with Crippen molar-refractivity contribution in [2.45, 2.75) is 32.4 Å². The number of aromatic nitrogens is 3. The highest BCUT2D eigenvalue weighted by Crippen LogP contribution is 2.26. The number of amides is 1. The summed E-state index contributed by atoms with van der Waals surface area (Å²) in [5, 5.41) is 13.0. The second-order valence-electron chi connectivity index (χ2n) is 8.36. The minimum atomic E-state index is -0.297. The van der Waals surface area contributed by atoms with E-state index in [4.69, 9.17) is 0 Å². The number of benzene rings is 2. The number of halogens is 1. The van der Waals surface area contributed by atoms with Crippen LogP contribution < -0.4 is 5.32 Å². The Morgan fingerprint density at radius 2 is 1.91 bits per heavy atom. The van der Waals surface area contributed by atoms with Crippen LogP contribution >= 0.6 is 11.3 Å². The molecule has 0 saturated carbocycles. The predicted octanol–water partition coefficient (Wildman–Crippen LogP) is 3.59. The van der Waals surface area contributed by atoms with Crippen LogP contribution in [-0.2, 0) is 37.1 Å². The average molecular weight is 464 g/mol. The molecule has 4 aromatic rings. The van der Waals surface area contributed by atoms with Crippen LogP contribution in [0.3, 0.4) is 0 Å². The van der Waals surface area contributed by atoms with E-state index in [1.54, 1.807) is 12.1 Å². The molecule has 2 aromatic heterocycles. The quantitative estimate of drug-likeness (QED) is 0.455. The third-order valence-corrected chi connectivity index (χ3v) is 7.10. The number of nitrogens with one attached hydrogen (secondary N) is 1. The molecule has 1 N–H and O–H groups in total. The molecule has 0 spiro atoms. The number of rotatable bonds is 7. The highest BCUT2D eigenvalue weighted by molar-refractivity contribution is 7.19. The second-order valence-corrected chi connectivity index (χ2v) is 9.53. The van der Waals surface area contributed by atoms with Gasteiger partial charge in [-0.3, -0.25) is 9.69 Å². The van der Waals surface area contributed by atoms with E-state index < -0.39 is 0 Å². The van der Waals surface area contributed by atoms with Gasteiger partial charge in [-0.2, -0.15) is 0 Å². The van der Waals surface area contributed by atoms with E-state index in [1.165, 1.54) is 27.1 Å². The van der Waals surface area contributed by atoms with Gasteiger partial charge in [0.1, 0.15) is 17.5 Å². The number of carbonyl (C=O) groups is 1. The fraction of sp³-hybridized carbons (Fsp3) is 0.320. The molecule has 6 nitrogen and oxygen atoms in total. The second kappa shape index (κ2) is 9.80. The van der Waals surface area contributed by atoms with Crippen molar-refractivity contribution in [1.82, 2.24) is 25.0 Å². The Labute approximate surface area is 196 Å². The third kappa shape index (κ3) is 5.29. The van der Waals surface area contributed by atoms with Crippen LogP contribution in [0.25, 0.3) is 10.1 Å². The number of hydrogen-bond donors (Lipinski definition) is 1. The Morgan fingerprint density at radius 1 is 1.06 bits per heavy atom. The smallest absolute Gasteiger partial charge is 0.224 e. The van der Waals surface area contributed by atoms with Crippen molar-refractivity contribution in [1.29, 1.82) is 0 Å². The Kier molecular flexibility index (Phi) is 6.46. The summed E-state index contributed by atoms with van der Waals surface area (Å²) in [5.74, 6) is 1.55. The molecule has 0 aliphatic carbocycles. The molecule has 1 aliphatic heterocycles. The fourth-order valence-corrected chi connectivity index (χ4v) is 5.38. The highest BCUT2D eigenvalue weighted by atomic mass is 32.1. The van der Waals surface area contributed by atoms with Crippen molar-refractivity contribution in [3.05, 3.63) is 82.5 Å². The lowest BCUT2D eigenvalue weighted by molar-refractivity contribution is -0.120. The normalized spacial score (nSPS) is 14.2. The summed E-state index contributed by atoms with van der Waals surface area (Å²) in [6.45, 7) is 4.21. The lowest BCUT2D eigenvalue weighted by atomic mass is 10.1. The van der Waals surface area contributed by atoms with E-state index in [0.717, 1.165) is 49.8 Å². The summed E-state index contributed by atoms with van der Waals surface area (Å²) in [7, 11) is 0. The summed E-state index contributed by atoms with van der Waals surface area (Å²) < 4.78 is 16.6. The van der Waals surface area contributed by atoms with Gasteiger partial charge in [-0.1, -0.05) is 30.3 Å². The molecule has 0 radical (unpaired) electrons. The number of fused-ring (bicyclic) bond motifs is 2. The predicted molar refractivity (Wildman–Crippen MR) is 128 cm³/mol. The molecule has 0 bridgehead atoms. The average Bonchev–Trinajstić information content (AvgIpc) is 3.34. The lowest BCUT2D eigenvalue weighted by Gasteiger charge is -2.18. The monoisotopic (exact) mass is 463 g/mol. The molecule has 1 amide bonds. The van der Waals surface area contributed by atoms with Crippen molar-refractivity contribution < 1.29 is 9.18 Å². The van der Waals surface area contributed by atoms with Gasteiger partial charge in [0.2, 0.25) is 5.91 Å². The van der Waals surface area contributed by atoms with Crippen LogP contribution in [0.4, 0.5) is 4.39 Å². The minimum absolute atomic E-state index is 0.0771. The topological polar surface area (TPSA) is 63.1 Å². The molecule has 170 valence electrons. The van der Waals surface area contributed by atoms with Crippen LogP contribution in [0.15, 0.2) is 54.6 Å². The van der Waals surface area contributed by atoms with Gasteiger partial charge in [-0.05, 0) is 35.2 Å². The maximum Gasteiger partial charge on any atom is 0.224 e. The summed E-state index contributed by atoms with van der Waals surface area (Å²) >= 11 is 1.87. The van der Waals surface area contributed by atoms with Crippen molar-refractivity contribution >= 4 is 27.3 Å². The third-order valence-electron chi connectivity index (χ3n) is 6.00. The van der Waals surface area contributed by atoms with Gasteiger partial charge in [-0.15, -0.1) is 21.5 Å². The number of nitrogens with zero attached hydrogens (tertiary/aromatic N) is 4. The summed E-state index contributed by atoms with van der Waals surface area (Å²) in [5.41, 5.74) is 0.795. The SMILES string of the molecule is O=C(Cc1ccc(F)cc1)NCCc1nnc2n1CCN(Cc1cc3ccccc3s1)CC2. The molecule has 0 fully saturated rings. The Bertz CT molecular complexity index is 1220. The first-order chi connectivity index (χ1) is 16.1. The zero-order valence-electron chi connectivity index (χ0n) is 18.3. The van der Waals surface area contributed by atoms with Gasteiger partial charge in [0, 0.05) is 55.1 Å². The van der Waals surface area contributed by atoms with Gasteiger partial charge < -0.3 is 9.88 Å². The minimum Gasteiger partial charge on any atom is -0.355 e. The molecule has 3 heterocycles. The Balaban J connectivity index is 1.13. The summed E-state index contributed by atoms with van der Waals surface area (Å²) in [6.07, 6.45) is 1.75. The lowest BCUT2D eigenvalue weighted by Crippen LogP contribution is -2.28. The van der Waals surface area contributed by atoms with Gasteiger partial charge in [0.25, 0.3) is 0 Å². The van der Waals surface area contributed by atoms with Gasteiger partial charge >= 0.3 is 0 Å². The zero-order valence-corrected chi connectivity index (χ0v) is 19.2. The first-order valence-corrected chi connectivity index (χ1v) is 12.1. The Morgan fingerprint density at radius 3 is 2.76 bits per heavy atom. The number of carbonyl (C=O) groups excluding carboxylic acids is 1. The van der Waals surface area contributed by atoms with Crippen molar-refractivity contribution in [3.8, 4) is 0 Å². The molecular formula is C25H26FN5OS.